The van der Waals surface area contributed by atoms with Crippen molar-refractivity contribution in [3.8, 4) is 0 Å². The van der Waals surface area contributed by atoms with Crippen molar-refractivity contribution < 1.29 is 4.79 Å². The molecule has 1 saturated carbocycles. The van der Waals surface area contributed by atoms with E-state index in [1.54, 1.807) is 12.4 Å². The van der Waals surface area contributed by atoms with Gasteiger partial charge in [-0.3, -0.25) is 4.79 Å². The molecule has 7 nitrogen and oxygen atoms in total. The van der Waals surface area contributed by atoms with Crippen LogP contribution in [0.25, 0.3) is 11.2 Å². The second kappa shape index (κ2) is 6.47. The van der Waals surface area contributed by atoms with E-state index in [9.17, 15) is 4.79 Å². The number of nitrogens with one attached hydrogen (secondary N) is 1. The first-order valence-corrected chi connectivity index (χ1v) is 8.85. The van der Waals surface area contributed by atoms with E-state index in [-0.39, 0.29) is 5.91 Å². The van der Waals surface area contributed by atoms with Crippen LogP contribution < -0.4 is 5.32 Å². The molecule has 4 rings (SSSR count). The van der Waals surface area contributed by atoms with Gasteiger partial charge in [0, 0.05) is 44.9 Å². The molecule has 2 aliphatic rings. The molecular weight excluding hydrogens is 304 g/mol. The third-order valence-electron chi connectivity index (χ3n) is 4.96. The second-order valence-electron chi connectivity index (χ2n) is 7.01. The highest BCUT2D eigenvalue weighted by molar-refractivity contribution is 5.74. The van der Waals surface area contributed by atoms with Gasteiger partial charge in [-0.25, -0.2) is 14.6 Å². The Morgan fingerprint density at radius 3 is 2.92 bits per heavy atom. The van der Waals surface area contributed by atoms with Crippen molar-refractivity contribution in [3.05, 3.63) is 18.1 Å². The molecule has 0 bridgehead atoms. The Morgan fingerprint density at radius 2 is 2.12 bits per heavy atom. The molecule has 0 spiro atoms. The first-order chi connectivity index (χ1) is 11.7. The molecule has 1 aliphatic heterocycles. The number of hydrogen-bond acceptors (Lipinski definition) is 5. The first kappa shape index (κ1) is 15.5. The number of fused-ring (bicyclic) bond motifs is 1. The zero-order chi connectivity index (χ0) is 16.5. The van der Waals surface area contributed by atoms with Crippen molar-refractivity contribution in [1.82, 2.24) is 30.0 Å². The fourth-order valence-corrected chi connectivity index (χ4v) is 3.58. The number of aromatic nitrogens is 4. The average Bonchev–Trinajstić information content (AvgIpc) is 3.13. The van der Waals surface area contributed by atoms with Gasteiger partial charge in [-0.05, 0) is 31.7 Å². The number of amides is 1. The van der Waals surface area contributed by atoms with E-state index >= 15 is 0 Å². The van der Waals surface area contributed by atoms with Crippen LogP contribution in [0.3, 0.4) is 0 Å². The summed E-state index contributed by atoms with van der Waals surface area (Å²) in [5.74, 6) is 1.34. The Kier molecular flexibility index (Phi) is 4.18. The van der Waals surface area contributed by atoms with Crippen LogP contribution in [0, 0.1) is 5.92 Å². The van der Waals surface area contributed by atoms with Crippen LogP contribution in [-0.2, 0) is 11.3 Å². The van der Waals surface area contributed by atoms with Crippen molar-refractivity contribution in [2.24, 2.45) is 5.92 Å². The molecule has 7 heteroatoms. The Morgan fingerprint density at radius 1 is 1.29 bits per heavy atom. The number of nitrogens with zero attached hydrogens (tertiary/aromatic N) is 5. The molecular formula is C17H24N6O. The SMILES string of the molecule is CC(=O)NCCn1nc(C2CCN(CC3CC3)C2)c2nccnc21. The summed E-state index contributed by atoms with van der Waals surface area (Å²) in [4.78, 5) is 22.6. The normalized spacial score (nSPS) is 21.5. The smallest absolute Gasteiger partial charge is 0.216 e. The van der Waals surface area contributed by atoms with Crippen LogP contribution in [0.2, 0.25) is 0 Å². The average molecular weight is 328 g/mol. The van der Waals surface area contributed by atoms with Gasteiger partial charge in [-0.2, -0.15) is 5.10 Å². The number of carbonyl (C=O) groups is 1. The highest BCUT2D eigenvalue weighted by Gasteiger charge is 2.32. The lowest BCUT2D eigenvalue weighted by Crippen LogP contribution is -2.25. The topological polar surface area (TPSA) is 75.9 Å². The standard InChI is InChI=1S/C17H24N6O/c1-12(24)18-7-9-23-17-16(19-5-6-20-17)15(21-23)14-4-8-22(11-14)10-13-2-3-13/h5-6,13-14H,2-4,7-11H2,1H3,(H,18,24). The lowest BCUT2D eigenvalue weighted by molar-refractivity contribution is -0.118. The maximum atomic E-state index is 11.1. The summed E-state index contributed by atoms with van der Waals surface area (Å²) >= 11 is 0. The largest absolute Gasteiger partial charge is 0.354 e. The number of likely N-dealkylation sites (tertiary alicyclic amines) is 1. The summed E-state index contributed by atoms with van der Waals surface area (Å²) in [6, 6.07) is 0. The Bertz CT molecular complexity index is 738. The number of rotatable bonds is 6. The molecule has 128 valence electrons. The van der Waals surface area contributed by atoms with Gasteiger partial charge in [0.1, 0.15) is 5.52 Å². The highest BCUT2D eigenvalue weighted by atomic mass is 16.1. The van der Waals surface area contributed by atoms with Gasteiger partial charge in [0.05, 0.1) is 12.2 Å². The number of carbonyl (C=O) groups excluding carboxylic acids is 1. The third-order valence-corrected chi connectivity index (χ3v) is 4.96. The molecule has 2 aromatic heterocycles. The van der Waals surface area contributed by atoms with Gasteiger partial charge in [0.25, 0.3) is 0 Å². The van der Waals surface area contributed by atoms with Crippen molar-refractivity contribution >= 4 is 17.1 Å². The van der Waals surface area contributed by atoms with Crippen LogP contribution in [0.1, 0.15) is 37.8 Å². The minimum absolute atomic E-state index is 0.0238. The minimum Gasteiger partial charge on any atom is -0.354 e. The Labute approximate surface area is 141 Å². The van der Waals surface area contributed by atoms with Gasteiger partial charge in [0.2, 0.25) is 5.91 Å². The van der Waals surface area contributed by atoms with Crippen molar-refractivity contribution in [1.29, 1.82) is 0 Å². The molecule has 2 fully saturated rings. The molecule has 2 aromatic rings. The zero-order valence-electron chi connectivity index (χ0n) is 14.1. The summed E-state index contributed by atoms with van der Waals surface area (Å²) in [5.41, 5.74) is 2.80. The predicted molar refractivity (Wildman–Crippen MR) is 90.5 cm³/mol. The maximum absolute atomic E-state index is 11.1. The molecule has 1 aliphatic carbocycles. The second-order valence-corrected chi connectivity index (χ2v) is 7.01. The summed E-state index contributed by atoms with van der Waals surface area (Å²) < 4.78 is 1.89. The van der Waals surface area contributed by atoms with Crippen LogP contribution in [0.5, 0.6) is 0 Å². The third kappa shape index (κ3) is 3.26. The van der Waals surface area contributed by atoms with Crippen LogP contribution in [-0.4, -0.2) is 56.7 Å². The van der Waals surface area contributed by atoms with E-state index in [1.807, 2.05) is 4.68 Å². The molecule has 0 radical (unpaired) electrons. The lowest BCUT2D eigenvalue weighted by Gasteiger charge is -2.14. The summed E-state index contributed by atoms with van der Waals surface area (Å²) in [5, 5.41) is 7.63. The van der Waals surface area contributed by atoms with Gasteiger partial charge < -0.3 is 10.2 Å². The predicted octanol–water partition coefficient (Wildman–Crippen LogP) is 1.16. The van der Waals surface area contributed by atoms with Crippen LogP contribution >= 0.6 is 0 Å². The fourth-order valence-electron chi connectivity index (χ4n) is 3.58. The van der Waals surface area contributed by atoms with E-state index in [0.29, 0.717) is 19.0 Å². The quantitative estimate of drug-likeness (QED) is 0.861. The molecule has 0 aromatic carbocycles. The molecule has 1 atom stereocenters. The molecule has 1 unspecified atom stereocenters. The van der Waals surface area contributed by atoms with Crippen LogP contribution in [0.15, 0.2) is 12.4 Å². The zero-order valence-corrected chi connectivity index (χ0v) is 14.1. The van der Waals surface area contributed by atoms with E-state index in [2.05, 4.69) is 20.2 Å². The Balaban J connectivity index is 1.53. The van der Waals surface area contributed by atoms with Gasteiger partial charge in [0.15, 0.2) is 5.65 Å². The van der Waals surface area contributed by atoms with E-state index in [1.165, 1.54) is 26.3 Å². The van der Waals surface area contributed by atoms with E-state index < -0.39 is 0 Å². The minimum atomic E-state index is -0.0238. The van der Waals surface area contributed by atoms with Gasteiger partial charge in [-0.1, -0.05) is 0 Å². The van der Waals surface area contributed by atoms with Crippen molar-refractivity contribution in [3.63, 3.8) is 0 Å². The molecule has 1 saturated heterocycles. The van der Waals surface area contributed by atoms with Crippen molar-refractivity contribution in [2.45, 2.75) is 38.6 Å². The first-order valence-electron chi connectivity index (χ1n) is 8.85. The molecule has 1 amide bonds. The van der Waals surface area contributed by atoms with Gasteiger partial charge >= 0.3 is 0 Å². The number of hydrogen-bond donors (Lipinski definition) is 1. The summed E-state index contributed by atoms with van der Waals surface area (Å²) in [7, 11) is 0. The van der Waals surface area contributed by atoms with Crippen molar-refractivity contribution in [2.75, 3.05) is 26.2 Å². The van der Waals surface area contributed by atoms with E-state index in [4.69, 9.17) is 5.10 Å². The molecule has 24 heavy (non-hydrogen) atoms. The molecule has 1 N–H and O–H groups in total. The van der Waals surface area contributed by atoms with Gasteiger partial charge in [-0.15, -0.1) is 0 Å². The fraction of sp³-hybridized carbons (Fsp3) is 0.647. The summed E-state index contributed by atoms with van der Waals surface area (Å²) in [6.07, 6.45) is 7.38. The Hall–Kier alpha value is -2.02. The lowest BCUT2D eigenvalue weighted by atomic mass is 10.0. The molecule has 3 heterocycles. The summed E-state index contributed by atoms with van der Waals surface area (Å²) in [6.45, 7) is 6.17. The van der Waals surface area contributed by atoms with E-state index in [0.717, 1.165) is 42.3 Å². The monoisotopic (exact) mass is 328 g/mol. The highest BCUT2D eigenvalue weighted by Crippen LogP contribution is 2.34. The van der Waals surface area contributed by atoms with Crippen LogP contribution in [0.4, 0.5) is 0 Å². The maximum Gasteiger partial charge on any atom is 0.216 e.